The highest BCUT2D eigenvalue weighted by atomic mass is 16.5. The number of nitrogens with one attached hydrogen (secondary N) is 1. The Morgan fingerprint density at radius 1 is 1.17 bits per heavy atom. The number of rotatable bonds is 3. The largest absolute Gasteiger partial charge is 0.472 e. The quantitative estimate of drug-likeness (QED) is 0.891. The number of hydrogen-bond donors (Lipinski definition) is 1. The molecule has 2 heterocycles. The molecule has 2 aromatic rings. The summed E-state index contributed by atoms with van der Waals surface area (Å²) in [5, 5.41) is 3.27. The molecule has 1 saturated heterocycles. The molecule has 18 heavy (non-hydrogen) atoms. The molecule has 0 amide bonds. The lowest BCUT2D eigenvalue weighted by atomic mass is 10.2. The van der Waals surface area contributed by atoms with Gasteiger partial charge in [-0.25, -0.2) is 4.98 Å². The van der Waals surface area contributed by atoms with E-state index in [1.807, 2.05) is 30.3 Å². The van der Waals surface area contributed by atoms with Gasteiger partial charge < -0.3 is 10.1 Å². The standard InChI is InChI=1S/C14H15N3O/c1-2-4-11(5-3-1)13-9-16-10-14(17-13)18-12-6-7-15-8-12/h1-5,9-10,12,15H,6-8H2. The maximum absolute atomic E-state index is 5.80. The Morgan fingerprint density at radius 3 is 2.83 bits per heavy atom. The normalized spacial score (nSPS) is 18.8. The molecule has 1 unspecified atom stereocenters. The first-order chi connectivity index (χ1) is 8.92. The van der Waals surface area contributed by atoms with Crippen LogP contribution in [0.2, 0.25) is 0 Å². The zero-order valence-electron chi connectivity index (χ0n) is 10.0. The van der Waals surface area contributed by atoms with Gasteiger partial charge in [-0.1, -0.05) is 30.3 Å². The molecule has 0 saturated carbocycles. The van der Waals surface area contributed by atoms with Crippen molar-refractivity contribution in [2.45, 2.75) is 12.5 Å². The molecule has 1 aliphatic rings. The Labute approximate surface area is 106 Å². The Balaban J connectivity index is 1.80. The van der Waals surface area contributed by atoms with Crippen molar-refractivity contribution in [1.82, 2.24) is 15.3 Å². The molecule has 0 radical (unpaired) electrons. The third kappa shape index (κ3) is 2.49. The average Bonchev–Trinajstić information content (AvgIpc) is 2.93. The minimum atomic E-state index is 0.213. The van der Waals surface area contributed by atoms with Crippen LogP contribution in [0.25, 0.3) is 11.3 Å². The fourth-order valence-corrected chi connectivity index (χ4v) is 2.05. The molecule has 0 bridgehead atoms. The predicted molar refractivity (Wildman–Crippen MR) is 69.4 cm³/mol. The summed E-state index contributed by atoms with van der Waals surface area (Å²) >= 11 is 0. The minimum Gasteiger partial charge on any atom is -0.472 e. The van der Waals surface area contributed by atoms with Crippen molar-refractivity contribution < 1.29 is 4.74 Å². The Kier molecular flexibility index (Phi) is 3.19. The van der Waals surface area contributed by atoms with E-state index in [2.05, 4.69) is 15.3 Å². The summed E-state index contributed by atoms with van der Waals surface area (Å²) in [4.78, 5) is 8.69. The van der Waals surface area contributed by atoms with Crippen LogP contribution in [0.15, 0.2) is 42.7 Å². The second-order valence-corrected chi connectivity index (χ2v) is 4.34. The Bertz CT molecular complexity index is 509. The summed E-state index contributed by atoms with van der Waals surface area (Å²) in [5.41, 5.74) is 1.90. The molecule has 4 heteroatoms. The lowest BCUT2D eigenvalue weighted by Gasteiger charge is -2.11. The van der Waals surface area contributed by atoms with E-state index in [1.165, 1.54) is 0 Å². The van der Waals surface area contributed by atoms with Crippen molar-refractivity contribution in [3.63, 3.8) is 0 Å². The molecule has 1 aromatic heterocycles. The van der Waals surface area contributed by atoms with Crippen molar-refractivity contribution in [3.05, 3.63) is 42.7 Å². The summed E-state index contributed by atoms with van der Waals surface area (Å²) in [6, 6.07) is 10.0. The van der Waals surface area contributed by atoms with Crippen molar-refractivity contribution in [2.75, 3.05) is 13.1 Å². The highest BCUT2D eigenvalue weighted by molar-refractivity contribution is 5.57. The number of aromatic nitrogens is 2. The average molecular weight is 241 g/mol. The van der Waals surface area contributed by atoms with Gasteiger partial charge in [0.05, 0.1) is 18.1 Å². The predicted octanol–water partition coefficient (Wildman–Crippen LogP) is 1.88. The molecule has 0 aliphatic carbocycles. The van der Waals surface area contributed by atoms with Gasteiger partial charge in [-0.2, -0.15) is 0 Å². The van der Waals surface area contributed by atoms with Crippen LogP contribution >= 0.6 is 0 Å². The summed E-state index contributed by atoms with van der Waals surface area (Å²) in [6.45, 7) is 1.90. The first-order valence-electron chi connectivity index (χ1n) is 6.17. The van der Waals surface area contributed by atoms with E-state index >= 15 is 0 Å². The fraction of sp³-hybridized carbons (Fsp3) is 0.286. The second kappa shape index (κ2) is 5.14. The molecule has 4 nitrogen and oxygen atoms in total. The summed E-state index contributed by atoms with van der Waals surface area (Å²) < 4.78 is 5.80. The van der Waals surface area contributed by atoms with Crippen LogP contribution in [0.3, 0.4) is 0 Å². The number of hydrogen-bond acceptors (Lipinski definition) is 4. The Hall–Kier alpha value is -1.94. The first-order valence-corrected chi connectivity index (χ1v) is 6.17. The van der Waals surface area contributed by atoms with E-state index in [9.17, 15) is 0 Å². The fourth-order valence-electron chi connectivity index (χ4n) is 2.05. The van der Waals surface area contributed by atoms with E-state index in [0.29, 0.717) is 5.88 Å². The maximum atomic E-state index is 5.80. The van der Waals surface area contributed by atoms with Crippen LogP contribution in [0.4, 0.5) is 0 Å². The lowest BCUT2D eigenvalue weighted by Crippen LogP contribution is -2.20. The molecule has 1 aliphatic heterocycles. The smallest absolute Gasteiger partial charge is 0.233 e. The van der Waals surface area contributed by atoms with Crippen LogP contribution in [-0.4, -0.2) is 29.2 Å². The maximum Gasteiger partial charge on any atom is 0.233 e. The van der Waals surface area contributed by atoms with Gasteiger partial charge in [-0.05, 0) is 13.0 Å². The van der Waals surface area contributed by atoms with Crippen molar-refractivity contribution in [3.8, 4) is 17.1 Å². The van der Waals surface area contributed by atoms with Crippen LogP contribution in [-0.2, 0) is 0 Å². The third-order valence-electron chi connectivity index (χ3n) is 2.98. The third-order valence-corrected chi connectivity index (χ3v) is 2.98. The van der Waals surface area contributed by atoms with Gasteiger partial charge >= 0.3 is 0 Å². The molecule has 0 spiro atoms. The highest BCUT2D eigenvalue weighted by Gasteiger charge is 2.16. The lowest BCUT2D eigenvalue weighted by molar-refractivity contribution is 0.213. The van der Waals surface area contributed by atoms with Gasteiger partial charge in [0.1, 0.15) is 6.10 Å². The van der Waals surface area contributed by atoms with Gasteiger partial charge in [0.2, 0.25) is 5.88 Å². The van der Waals surface area contributed by atoms with Crippen LogP contribution in [0.1, 0.15) is 6.42 Å². The summed E-state index contributed by atoms with van der Waals surface area (Å²) in [5.74, 6) is 0.602. The number of ether oxygens (including phenoxy) is 1. The van der Waals surface area contributed by atoms with Gasteiger partial charge in [-0.15, -0.1) is 0 Å². The van der Waals surface area contributed by atoms with Gasteiger partial charge in [0, 0.05) is 12.1 Å². The van der Waals surface area contributed by atoms with E-state index in [4.69, 9.17) is 4.74 Å². The van der Waals surface area contributed by atoms with E-state index in [0.717, 1.165) is 30.8 Å². The van der Waals surface area contributed by atoms with Crippen molar-refractivity contribution in [1.29, 1.82) is 0 Å². The Morgan fingerprint density at radius 2 is 2.06 bits per heavy atom. The minimum absolute atomic E-state index is 0.213. The molecule has 1 atom stereocenters. The van der Waals surface area contributed by atoms with Crippen molar-refractivity contribution in [2.24, 2.45) is 0 Å². The summed E-state index contributed by atoms with van der Waals surface area (Å²) in [7, 11) is 0. The first kappa shape index (κ1) is 11.2. The zero-order valence-corrected chi connectivity index (χ0v) is 10.0. The van der Waals surface area contributed by atoms with E-state index in [-0.39, 0.29) is 6.10 Å². The molecular weight excluding hydrogens is 226 g/mol. The topological polar surface area (TPSA) is 47.0 Å². The van der Waals surface area contributed by atoms with Gasteiger partial charge in [-0.3, -0.25) is 4.98 Å². The molecule has 1 N–H and O–H groups in total. The van der Waals surface area contributed by atoms with E-state index < -0.39 is 0 Å². The molecular formula is C14H15N3O. The van der Waals surface area contributed by atoms with Crippen molar-refractivity contribution >= 4 is 0 Å². The molecule has 1 fully saturated rings. The SMILES string of the molecule is c1ccc(-c2cncc(OC3CCNC3)n2)cc1. The number of nitrogens with zero attached hydrogens (tertiary/aromatic N) is 2. The zero-order chi connectivity index (χ0) is 12.2. The van der Waals surface area contributed by atoms with E-state index in [1.54, 1.807) is 12.4 Å². The molecule has 1 aromatic carbocycles. The summed E-state index contributed by atoms with van der Waals surface area (Å²) in [6.07, 6.45) is 4.67. The van der Waals surface area contributed by atoms with Gasteiger partial charge in [0.15, 0.2) is 0 Å². The second-order valence-electron chi connectivity index (χ2n) is 4.34. The van der Waals surface area contributed by atoms with Crippen LogP contribution < -0.4 is 10.1 Å². The highest BCUT2D eigenvalue weighted by Crippen LogP contribution is 2.19. The van der Waals surface area contributed by atoms with Gasteiger partial charge in [0.25, 0.3) is 0 Å². The van der Waals surface area contributed by atoms with Crippen LogP contribution in [0, 0.1) is 0 Å². The monoisotopic (exact) mass is 241 g/mol. The molecule has 92 valence electrons. The number of benzene rings is 1. The molecule has 3 rings (SSSR count). The van der Waals surface area contributed by atoms with Crippen LogP contribution in [0.5, 0.6) is 5.88 Å².